The molecule has 0 heterocycles. The number of aliphatic hydroxyl groups excluding tert-OH is 1. The fraction of sp³-hybridized carbons (Fsp3) is 0.786. The molecule has 0 radical (unpaired) electrons. The van der Waals surface area contributed by atoms with Gasteiger partial charge in [0.1, 0.15) is 6.10 Å². The van der Waals surface area contributed by atoms with Crippen LogP contribution >= 0.6 is 0 Å². The van der Waals surface area contributed by atoms with Crippen molar-refractivity contribution in [3.63, 3.8) is 0 Å². The van der Waals surface area contributed by atoms with Gasteiger partial charge in [-0.1, -0.05) is 13.8 Å². The molecular formula is C14H23NO6. The maximum absolute atomic E-state index is 11.8. The molecular weight excluding hydrogens is 278 g/mol. The summed E-state index contributed by atoms with van der Waals surface area (Å²) in [6.07, 6.45) is 0.528. The standard InChI is InChI=1S/C14H23NO6/c1-4-10(5-2)21-12-8-9(14(17)20-6-3)7-11(13(12)16)15(18)19/h8,10-13,16H,4-7H2,1-3H3/t11?,12-,13+/m1/s1. The Morgan fingerprint density at radius 1 is 1.48 bits per heavy atom. The normalized spacial score (nSPS) is 25.6. The SMILES string of the molecule is CCOC(=O)C1=C[C@@H](OC(CC)CC)[C@@H](O)C([N+](=O)[O-])C1. The van der Waals surface area contributed by atoms with Crippen LogP contribution in [0, 0.1) is 10.1 Å². The van der Waals surface area contributed by atoms with Gasteiger partial charge in [-0.05, 0) is 25.8 Å². The van der Waals surface area contributed by atoms with E-state index >= 15 is 0 Å². The Bertz CT molecular complexity index is 404. The van der Waals surface area contributed by atoms with Gasteiger partial charge >= 0.3 is 5.97 Å². The summed E-state index contributed by atoms with van der Waals surface area (Å²) in [5, 5.41) is 21.2. The zero-order valence-electron chi connectivity index (χ0n) is 12.7. The van der Waals surface area contributed by atoms with Crippen molar-refractivity contribution in [2.45, 2.75) is 64.4 Å². The van der Waals surface area contributed by atoms with Crippen molar-refractivity contribution in [1.29, 1.82) is 0 Å². The number of carbonyl (C=O) groups excluding carboxylic acids is 1. The molecule has 0 aromatic carbocycles. The zero-order valence-corrected chi connectivity index (χ0v) is 12.7. The van der Waals surface area contributed by atoms with Gasteiger partial charge in [-0.3, -0.25) is 10.1 Å². The third kappa shape index (κ3) is 4.50. The number of hydrogen-bond acceptors (Lipinski definition) is 6. The Labute approximate surface area is 124 Å². The van der Waals surface area contributed by atoms with Gasteiger partial charge in [-0.15, -0.1) is 0 Å². The number of esters is 1. The summed E-state index contributed by atoms with van der Waals surface area (Å²) < 4.78 is 10.6. The highest BCUT2D eigenvalue weighted by atomic mass is 16.6. The largest absolute Gasteiger partial charge is 0.463 e. The molecule has 0 fully saturated rings. The first-order valence-electron chi connectivity index (χ1n) is 7.29. The molecule has 1 unspecified atom stereocenters. The monoisotopic (exact) mass is 301 g/mol. The lowest BCUT2D eigenvalue weighted by Gasteiger charge is -2.30. The van der Waals surface area contributed by atoms with Gasteiger partial charge in [-0.25, -0.2) is 4.79 Å². The van der Waals surface area contributed by atoms with E-state index in [1.165, 1.54) is 6.08 Å². The van der Waals surface area contributed by atoms with Crippen LogP contribution in [0.2, 0.25) is 0 Å². The van der Waals surface area contributed by atoms with Crippen LogP contribution < -0.4 is 0 Å². The fourth-order valence-corrected chi connectivity index (χ4v) is 2.33. The summed E-state index contributed by atoms with van der Waals surface area (Å²) in [7, 11) is 0. The molecule has 0 spiro atoms. The first kappa shape index (κ1) is 17.6. The Morgan fingerprint density at radius 3 is 2.57 bits per heavy atom. The predicted octanol–water partition coefficient (Wildman–Crippen LogP) is 1.46. The lowest BCUT2D eigenvalue weighted by Crippen LogP contribution is -2.47. The van der Waals surface area contributed by atoms with Gasteiger partial charge in [0.2, 0.25) is 6.04 Å². The number of nitro groups is 1. The van der Waals surface area contributed by atoms with Gasteiger partial charge in [0.15, 0.2) is 6.10 Å². The summed E-state index contributed by atoms with van der Waals surface area (Å²) >= 11 is 0. The third-order valence-electron chi connectivity index (χ3n) is 3.59. The molecule has 7 heteroatoms. The van der Waals surface area contributed by atoms with Crippen LogP contribution in [-0.4, -0.2) is 47.0 Å². The van der Waals surface area contributed by atoms with Crippen molar-refractivity contribution in [2.75, 3.05) is 6.61 Å². The van der Waals surface area contributed by atoms with Crippen molar-refractivity contribution in [1.82, 2.24) is 0 Å². The Balaban J connectivity index is 2.97. The van der Waals surface area contributed by atoms with E-state index in [0.717, 1.165) is 12.8 Å². The van der Waals surface area contributed by atoms with Gasteiger partial charge in [-0.2, -0.15) is 0 Å². The highest BCUT2D eigenvalue weighted by Gasteiger charge is 2.42. The van der Waals surface area contributed by atoms with Crippen molar-refractivity contribution >= 4 is 5.97 Å². The maximum Gasteiger partial charge on any atom is 0.334 e. The first-order valence-corrected chi connectivity index (χ1v) is 7.29. The second-order valence-electron chi connectivity index (χ2n) is 5.00. The lowest BCUT2D eigenvalue weighted by atomic mass is 9.90. The highest BCUT2D eigenvalue weighted by molar-refractivity contribution is 5.88. The van der Waals surface area contributed by atoms with Crippen molar-refractivity contribution in [3.05, 3.63) is 21.8 Å². The van der Waals surface area contributed by atoms with Gasteiger partial charge in [0.05, 0.1) is 12.7 Å². The second-order valence-corrected chi connectivity index (χ2v) is 5.00. The Hall–Kier alpha value is -1.47. The molecule has 0 saturated carbocycles. The average Bonchev–Trinajstić information content (AvgIpc) is 2.46. The minimum Gasteiger partial charge on any atom is -0.463 e. The van der Waals surface area contributed by atoms with Crippen LogP contribution in [0.1, 0.15) is 40.0 Å². The van der Waals surface area contributed by atoms with Crippen LogP contribution in [0.25, 0.3) is 0 Å². The highest BCUT2D eigenvalue weighted by Crippen LogP contribution is 2.26. The summed E-state index contributed by atoms with van der Waals surface area (Å²) in [4.78, 5) is 22.3. The number of carbonyl (C=O) groups is 1. The molecule has 1 N–H and O–H groups in total. The van der Waals surface area contributed by atoms with Gasteiger partial charge < -0.3 is 14.6 Å². The molecule has 7 nitrogen and oxygen atoms in total. The number of ether oxygens (including phenoxy) is 2. The lowest BCUT2D eigenvalue weighted by molar-refractivity contribution is -0.537. The van der Waals surface area contributed by atoms with Gasteiger partial charge in [0, 0.05) is 16.9 Å². The minimum atomic E-state index is -1.27. The van der Waals surface area contributed by atoms with Crippen LogP contribution in [0.4, 0.5) is 0 Å². The molecule has 0 aromatic heterocycles. The molecule has 0 aliphatic heterocycles. The number of aliphatic hydroxyl groups is 1. The average molecular weight is 301 g/mol. The van der Waals surface area contributed by atoms with E-state index in [4.69, 9.17) is 9.47 Å². The van der Waals surface area contributed by atoms with Crippen LogP contribution in [0.3, 0.4) is 0 Å². The molecule has 0 saturated heterocycles. The van der Waals surface area contributed by atoms with Crippen molar-refractivity contribution in [2.24, 2.45) is 0 Å². The molecule has 3 atom stereocenters. The number of nitrogens with zero attached hydrogens (tertiary/aromatic N) is 1. The number of rotatable bonds is 7. The minimum absolute atomic E-state index is 0.116. The number of hydrogen-bond donors (Lipinski definition) is 1. The van der Waals surface area contributed by atoms with Crippen LogP contribution in [0.15, 0.2) is 11.6 Å². The maximum atomic E-state index is 11.8. The Kier molecular flexibility index (Phi) is 6.77. The van der Waals surface area contributed by atoms with Crippen LogP contribution in [-0.2, 0) is 14.3 Å². The second kappa shape index (κ2) is 8.09. The molecule has 21 heavy (non-hydrogen) atoms. The summed E-state index contributed by atoms with van der Waals surface area (Å²) in [6, 6.07) is -1.26. The van der Waals surface area contributed by atoms with E-state index in [2.05, 4.69) is 0 Å². The van der Waals surface area contributed by atoms with E-state index in [9.17, 15) is 20.0 Å². The smallest absolute Gasteiger partial charge is 0.334 e. The summed E-state index contributed by atoms with van der Waals surface area (Å²) in [5.41, 5.74) is 0.194. The molecule has 1 aliphatic rings. The zero-order chi connectivity index (χ0) is 16.0. The van der Waals surface area contributed by atoms with Gasteiger partial charge in [0.25, 0.3) is 0 Å². The summed E-state index contributed by atoms with van der Waals surface area (Å²) in [6.45, 7) is 5.73. The topological polar surface area (TPSA) is 98.9 Å². The van der Waals surface area contributed by atoms with E-state index in [-0.39, 0.29) is 24.7 Å². The van der Waals surface area contributed by atoms with E-state index in [0.29, 0.717) is 0 Å². The van der Waals surface area contributed by atoms with E-state index in [1.807, 2.05) is 13.8 Å². The molecule has 1 rings (SSSR count). The van der Waals surface area contributed by atoms with E-state index in [1.54, 1.807) is 6.92 Å². The molecule has 1 aliphatic carbocycles. The van der Waals surface area contributed by atoms with E-state index < -0.39 is 29.1 Å². The Morgan fingerprint density at radius 2 is 2.10 bits per heavy atom. The van der Waals surface area contributed by atoms with Crippen LogP contribution in [0.5, 0.6) is 0 Å². The third-order valence-corrected chi connectivity index (χ3v) is 3.59. The fourth-order valence-electron chi connectivity index (χ4n) is 2.33. The summed E-state index contributed by atoms with van der Waals surface area (Å²) in [5.74, 6) is -0.589. The molecule has 0 bridgehead atoms. The van der Waals surface area contributed by atoms with Crippen molar-refractivity contribution in [3.8, 4) is 0 Å². The first-order chi connectivity index (χ1) is 9.94. The predicted molar refractivity (Wildman–Crippen MR) is 75.4 cm³/mol. The quantitative estimate of drug-likeness (QED) is 0.434. The molecule has 0 aromatic rings. The molecule has 0 amide bonds. The van der Waals surface area contributed by atoms with Crippen molar-refractivity contribution < 1.29 is 24.3 Å². The molecule has 120 valence electrons.